The molecule has 3 aromatic rings. The first-order valence-electron chi connectivity index (χ1n) is 12.0. The smallest absolute Gasteiger partial charge is 0.410 e. The summed E-state index contributed by atoms with van der Waals surface area (Å²) >= 11 is 6.29. The molecule has 0 saturated carbocycles. The first-order chi connectivity index (χ1) is 17.9. The van der Waals surface area contributed by atoms with Crippen LogP contribution in [0, 0.1) is 0 Å². The highest BCUT2D eigenvalue weighted by Crippen LogP contribution is 2.23. The van der Waals surface area contributed by atoms with Crippen LogP contribution in [0.5, 0.6) is 5.75 Å². The SMILES string of the molecule is CCC(C)OC(=O)N1CCN(c2cc(Cl)nc(-n3ccnc3)n2)CC1C(=O)NCc1ccc(OC)cc1. The third-order valence-electron chi connectivity index (χ3n) is 6.15. The highest BCUT2D eigenvalue weighted by Gasteiger charge is 2.37. The molecule has 0 aliphatic carbocycles. The van der Waals surface area contributed by atoms with E-state index in [1.807, 2.05) is 43.0 Å². The van der Waals surface area contributed by atoms with Gasteiger partial charge in [0.05, 0.1) is 7.11 Å². The monoisotopic (exact) mass is 527 g/mol. The number of rotatable bonds is 8. The van der Waals surface area contributed by atoms with Crippen molar-refractivity contribution in [3.05, 3.63) is 59.8 Å². The average Bonchev–Trinajstić information content (AvgIpc) is 3.46. The number of nitrogens with zero attached hydrogens (tertiary/aromatic N) is 6. The highest BCUT2D eigenvalue weighted by molar-refractivity contribution is 6.29. The highest BCUT2D eigenvalue weighted by atomic mass is 35.5. The molecule has 37 heavy (non-hydrogen) atoms. The van der Waals surface area contributed by atoms with Crippen molar-refractivity contribution in [1.29, 1.82) is 0 Å². The number of carbonyl (C=O) groups is 2. The molecule has 196 valence electrons. The van der Waals surface area contributed by atoms with Gasteiger partial charge in [-0.2, -0.15) is 4.98 Å². The van der Waals surface area contributed by atoms with Crippen LogP contribution in [0.25, 0.3) is 5.95 Å². The summed E-state index contributed by atoms with van der Waals surface area (Å²) in [5, 5.41) is 3.21. The Kier molecular flexibility index (Phi) is 8.44. The molecule has 11 nitrogen and oxygen atoms in total. The van der Waals surface area contributed by atoms with Gasteiger partial charge in [-0.1, -0.05) is 30.7 Å². The van der Waals surface area contributed by atoms with Crippen molar-refractivity contribution in [2.75, 3.05) is 31.6 Å². The zero-order chi connectivity index (χ0) is 26.4. The normalized spacial score (nSPS) is 16.3. The van der Waals surface area contributed by atoms with Crippen LogP contribution in [0.1, 0.15) is 25.8 Å². The summed E-state index contributed by atoms with van der Waals surface area (Å²) in [6, 6.07) is 8.26. The first kappa shape index (κ1) is 26.2. The third-order valence-corrected chi connectivity index (χ3v) is 6.34. The second-order valence-corrected chi connectivity index (χ2v) is 9.03. The molecule has 0 radical (unpaired) electrons. The summed E-state index contributed by atoms with van der Waals surface area (Å²) in [6.07, 6.45) is 4.82. The number of amides is 2. The van der Waals surface area contributed by atoms with Gasteiger partial charge in [0.15, 0.2) is 0 Å². The predicted octanol–water partition coefficient (Wildman–Crippen LogP) is 3.07. The molecule has 2 unspecified atom stereocenters. The lowest BCUT2D eigenvalue weighted by atomic mass is 10.1. The molecule has 12 heteroatoms. The van der Waals surface area contributed by atoms with Crippen molar-refractivity contribution in [2.45, 2.75) is 39.0 Å². The maximum absolute atomic E-state index is 13.4. The summed E-state index contributed by atoms with van der Waals surface area (Å²) < 4.78 is 12.4. The van der Waals surface area contributed by atoms with Crippen LogP contribution in [0.2, 0.25) is 5.15 Å². The van der Waals surface area contributed by atoms with Crippen molar-refractivity contribution >= 4 is 29.4 Å². The topological polar surface area (TPSA) is 115 Å². The van der Waals surface area contributed by atoms with Gasteiger partial charge in [-0.15, -0.1) is 0 Å². The number of ether oxygens (including phenoxy) is 2. The minimum Gasteiger partial charge on any atom is -0.497 e. The maximum atomic E-state index is 13.4. The second-order valence-electron chi connectivity index (χ2n) is 8.64. The molecule has 1 aromatic carbocycles. The van der Waals surface area contributed by atoms with E-state index >= 15 is 0 Å². The number of methoxy groups -OCH3 is 1. The fourth-order valence-corrected chi connectivity index (χ4v) is 4.03. The number of anilines is 1. The van der Waals surface area contributed by atoms with Gasteiger partial charge in [0.25, 0.3) is 0 Å². The number of aromatic nitrogens is 4. The van der Waals surface area contributed by atoms with Gasteiger partial charge in [-0.25, -0.2) is 14.8 Å². The van der Waals surface area contributed by atoms with E-state index in [1.165, 1.54) is 4.90 Å². The minimum absolute atomic E-state index is 0.209. The van der Waals surface area contributed by atoms with Gasteiger partial charge in [0.2, 0.25) is 11.9 Å². The Bertz CT molecular complexity index is 1210. The third kappa shape index (κ3) is 6.48. The van der Waals surface area contributed by atoms with Crippen molar-refractivity contribution in [3.8, 4) is 11.7 Å². The van der Waals surface area contributed by atoms with Crippen LogP contribution >= 0.6 is 11.6 Å². The Hall–Kier alpha value is -3.86. The van der Waals surface area contributed by atoms with Gasteiger partial charge in [-0.3, -0.25) is 14.3 Å². The number of halogens is 1. The van der Waals surface area contributed by atoms with E-state index in [1.54, 1.807) is 36.5 Å². The molecule has 1 saturated heterocycles. The van der Waals surface area contributed by atoms with Crippen molar-refractivity contribution in [3.63, 3.8) is 0 Å². The van der Waals surface area contributed by atoms with Crippen LogP contribution in [-0.2, 0) is 16.1 Å². The largest absolute Gasteiger partial charge is 0.497 e. The van der Waals surface area contributed by atoms with E-state index in [9.17, 15) is 9.59 Å². The molecule has 0 bridgehead atoms. The second kappa shape index (κ2) is 11.9. The Balaban J connectivity index is 1.54. The van der Waals surface area contributed by atoms with Gasteiger partial charge in [-0.05, 0) is 31.0 Å². The number of carbonyl (C=O) groups excluding carboxylic acids is 2. The van der Waals surface area contributed by atoms with Gasteiger partial charge >= 0.3 is 6.09 Å². The van der Waals surface area contributed by atoms with Crippen LogP contribution in [0.3, 0.4) is 0 Å². The standard InChI is InChI=1S/C25H30ClN7O4/c1-4-17(2)37-25(35)33-12-11-31(22-13-21(26)29-24(30-22)32-10-9-27-16-32)15-20(33)23(34)28-14-18-5-7-19(36-3)8-6-18/h5-10,13,16-17,20H,4,11-12,14-15H2,1-3H3,(H,28,34). The molecular formula is C25H30ClN7O4. The van der Waals surface area contributed by atoms with Crippen LogP contribution in [0.4, 0.5) is 10.6 Å². The Labute approximate surface area is 220 Å². The van der Waals surface area contributed by atoms with Crippen LogP contribution in [-0.4, -0.2) is 75.3 Å². The molecule has 1 N–H and O–H groups in total. The number of nitrogens with one attached hydrogen (secondary N) is 1. The zero-order valence-corrected chi connectivity index (χ0v) is 21.8. The van der Waals surface area contributed by atoms with Crippen molar-refractivity contribution in [1.82, 2.24) is 29.7 Å². The molecule has 1 aliphatic rings. The number of imidazole rings is 1. The lowest BCUT2D eigenvalue weighted by molar-refractivity contribution is -0.126. The lowest BCUT2D eigenvalue weighted by Crippen LogP contribution is -2.61. The summed E-state index contributed by atoms with van der Waals surface area (Å²) in [4.78, 5) is 42.6. The summed E-state index contributed by atoms with van der Waals surface area (Å²) in [7, 11) is 1.60. The molecule has 2 atom stereocenters. The van der Waals surface area contributed by atoms with Crippen LogP contribution in [0.15, 0.2) is 49.1 Å². The molecule has 2 aromatic heterocycles. The number of hydrogen-bond donors (Lipinski definition) is 1. The number of piperazine rings is 1. The summed E-state index contributed by atoms with van der Waals surface area (Å²) in [5.41, 5.74) is 0.906. The molecule has 1 fully saturated rings. The van der Waals surface area contributed by atoms with E-state index in [0.717, 1.165) is 11.3 Å². The molecule has 0 spiro atoms. The fraction of sp³-hybridized carbons (Fsp3) is 0.400. The molecular weight excluding hydrogens is 498 g/mol. The minimum atomic E-state index is -0.797. The molecule has 4 rings (SSSR count). The number of benzene rings is 1. The van der Waals surface area contributed by atoms with Crippen molar-refractivity contribution < 1.29 is 19.1 Å². The molecule has 2 amide bonds. The van der Waals surface area contributed by atoms with Crippen LogP contribution < -0.4 is 15.0 Å². The van der Waals surface area contributed by atoms with E-state index in [0.29, 0.717) is 31.3 Å². The van der Waals surface area contributed by atoms with Gasteiger partial charge < -0.3 is 19.7 Å². The fourth-order valence-electron chi connectivity index (χ4n) is 3.86. The molecule has 3 heterocycles. The van der Waals surface area contributed by atoms with E-state index in [4.69, 9.17) is 21.1 Å². The summed E-state index contributed by atoms with van der Waals surface area (Å²) in [6.45, 7) is 4.99. The maximum Gasteiger partial charge on any atom is 0.410 e. The average molecular weight is 528 g/mol. The van der Waals surface area contributed by atoms with Gasteiger partial charge in [0.1, 0.15) is 35.2 Å². The first-order valence-corrected chi connectivity index (χ1v) is 12.4. The quantitative estimate of drug-likeness (QED) is 0.444. The Morgan fingerprint density at radius 1 is 1.22 bits per heavy atom. The Morgan fingerprint density at radius 2 is 2.00 bits per heavy atom. The Morgan fingerprint density at radius 3 is 2.68 bits per heavy atom. The lowest BCUT2D eigenvalue weighted by Gasteiger charge is -2.40. The molecule has 1 aliphatic heterocycles. The van der Waals surface area contributed by atoms with E-state index in [2.05, 4.69) is 20.3 Å². The summed E-state index contributed by atoms with van der Waals surface area (Å²) in [5.74, 6) is 1.35. The van der Waals surface area contributed by atoms with E-state index in [-0.39, 0.29) is 30.3 Å². The predicted molar refractivity (Wildman–Crippen MR) is 138 cm³/mol. The van der Waals surface area contributed by atoms with Gasteiger partial charge in [0, 0.05) is 44.6 Å². The van der Waals surface area contributed by atoms with Crippen molar-refractivity contribution in [2.24, 2.45) is 0 Å². The number of hydrogen-bond acceptors (Lipinski definition) is 8. The zero-order valence-electron chi connectivity index (χ0n) is 21.0. The van der Waals surface area contributed by atoms with E-state index < -0.39 is 12.1 Å².